The van der Waals surface area contributed by atoms with Gasteiger partial charge in [-0.25, -0.2) is 9.78 Å². The third kappa shape index (κ3) is 7.59. The third-order valence-corrected chi connectivity index (χ3v) is 9.84. The van der Waals surface area contributed by atoms with Crippen LogP contribution in [0.3, 0.4) is 0 Å². The van der Waals surface area contributed by atoms with Gasteiger partial charge in [-0.2, -0.15) is 0 Å². The van der Waals surface area contributed by atoms with Gasteiger partial charge in [0.05, 0.1) is 6.61 Å². The summed E-state index contributed by atoms with van der Waals surface area (Å²) in [6.45, 7) is 11.3. The molecule has 2 aromatic rings. The minimum absolute atomic E-state index is 0.0968. The SMILES string of the molecule is CC(C)(C)[Si](C)(C)OC[C@H](/C=C\CCc1ccccc1)OC(=O)c1ccccn1. The molecule has 2 rings (SSSR count). The van der Waals surface area contributed by atoms with Crippen LogP contribution in [0.5, 0.6) is 0 Å². The highest BCUT2D eigenvalue weighted by Gasteiger charge is 2.37. The average Bonchev–Trinajstić information content (AvgIpc) is 2.69. The number of aryl methyl sites for hydroxylation is 1. The number of esters is 1. The molecule has 0 unspecified atom stereocenters. The summed E-state index contributed by atoms with van der Waals surface area (Å²) in [7, 11) is -1.94. The van der Waals surface area contributed by atoms with Gasteiger partial charge in [-0.05, 0) is 54.7 Å². The van der Waals surface area contributed by atoms with Gasteiger partial charge in [-0.3, -0.25) is 0 Å². The average molecular weight is 412 g/mol. The Labute approximate surface area is 176 Å². The van der Waals surface area contributed by atoms with Crippen molar-refractivity contribution in [2.75, 3.05) is 6.61 Å². The van der Waals surface area contributed by atoms with E-state index in [4.69, 9.17) is 9.16 Å². The monoisotopic (exact) mass is 411 g/mol. The van der Waals surface area contributed by atoms with E-state index in [2.05, 4.69) is 57.1 Å². The normalized spacial score (nSPS) is 13.4. The number of rotatable bonds is 9. The van der Waals surface area contributed by atoms with E-state index in [1.807, 2.05) is 24.3 Å². The Kier molecular flexibility index (Phi) is 8.35. The molecule has 29 heavy (non-hydrogen) atoms. The van der Waals surface area contributed by atoms with Crippen molar-refractivity contribution < 1.29 is 14.0 Å². The second-order valence-electron chi connectivity index (χ2n) is 8.68. The molecule has 0 radical (unpaired) electrons. The zero-order valence-electron chi connectivity index (χ0n) is 18.2. The smallest absolute Gasteiger partial charge is 0.357 e. The Morgan fingerprint density at radius 3 is 2.41 bits per heavy atom. The Hall–Kier alpha value is -2.24. The van der Waals surface area contributed by atoms with Crippen molar-refractivity contribution in [2.24, 2.45) is 0 Å². The van der Waals surface area contributed by atoms with Crippen LogP contribution in [0.4, 0.5) is 0 Å². The molecule has 0 aliphatic rings. The maximum Gasteiger partial charge on any atom is 0.357 e. The third-order valence-electron chi connectivity index (χ3n) is 5.34. The number of benzene rings is 1. The minimum Gasteiger partial charge on any atom is -0.451 e. The largest absolute Gasteiger partial charge is 0.451 e. The lowest BCUT2D eigenvalue weighted by Gasteiger charge is -2.36. The summed E-state index contributed by atoms with van der Waals surface area (Å²) in [5.74, 6) is -0.429. The molecule has 0 N–H and O–H groups in total. The first-order valence-electron chi connectivity index (χ1n) is 10.2. The fraction of sp³-hybridized carbons (Fsp3) is 0.417. The van der Waals surface area contributed by atoms with Gasteiger partial charge >= 0.3 is 5.97 Å². The summed E-state index contributed by atoms with van der Waals surface area (Å²) in [5.41, 5.74) is 1.60. The van der Waals surface area contributed by atoms with Crippen molar-refractivity contribution in [2.45, 2.75) is 57.8 Å². The molecule has 156 valence electrons. The lowest BCUT2D eigenvalue weighted by atomic mass is 10.1. The minimum atomic E-state index is -1.94. The van der Waals surface area contributed by atoms with Crippen LogP contribution in [0, 0.1) is 0 Å². The van der Waals surface area contributed by atoms with E-state index in [1.54, 1.807) is 24.4 Å². The van der Waals surface area contributed by atoms with Crippen LogP contribution >= 0.6 is 0 Å². The summed E-state index contributed by atoms with van der Waals surface area (Å²) >= 11 is 0. The van der Waals surface area contributed by atoms with Crippen LogP contribution in [0.2, 0.25) is 18.1 Å². The van der Waals surface area contributed by atoms with Crippen molar-refractivity contribution >= 4 is 14.3 Å². The zero-order valence-corrected chi connectivity index (χ0v) is 19.2. The van der Waals surface area contributed by atoms with Crippen molar-refractivity contribution in [1.82, 2.24) is 4.98 Å². The van der Waals surface area contributed by atoms with E-state index in [0.29, 0.717) is 12.3 Å². The van der Waals surface area contributed by atoms with Crippen LogP contribution in [0.15, 0.2) is 66.9 Å². The molecule has 0 aliphatic heterocycles. The summed E-state index contributed by atoms with van der Waals surface area (Å²) in [4.78, 5) is 16.6. The van der Waals surface area contributed by atoms with E-state index in [-0.39, 0.29) is 5.04 Å². The number of carbonyl (C=O) groups excluding carboxylic acids is 1. The summed E-state index contributed by atoms with van der Waals surface area (Å²) < 4.78 is 12.0. The highest BCUT2D eigenvalue weighted by molar-refractivity contribution is 6.74. The first-order valence-corrected chi connectivity index (χ1v) is 13.1. The molecule has 0 aliphatic carbocycles. The molecule has 1 heterocycles. The molecule has 0 fully saturated rings. The van der Waals surface area contributed by atoms with E-state index >= 15 is 0 Å². The van der Waals surface area contributed by atoms with Crippen LogP contribution < -0.4 is 0 Å². The Bertz CT molecular complexity index is 783. The van der Waals surface area contributed by atoms with Gasteiger partial charge in [-0.1, -0.05) is 63.2 Å². The molecule has 5 heteroatoms. The van der Waals surface area contributed by atoms with Gasteiger partial charge < -0.3 is 9.16 Å². The Morgan fingerprint density at radius 2 is 1.79 bits per heavy atom. The second-order valence-corrected chi connectivity index (χ2v) is 13.5. The van der Waals surface area contributed by atoms with E-state index < -0.39 is 20.4 Å². The van der Waals surface area contributed by atoms with Crippen LogP contribution in [-0.2, 0) is 15.6 Å². The van der Waals surface area contributed by atoms with Crippen LogP contribution in [0.25, 0.3) is 0 Å². The van der Waals surface area contributed by atoms with Crippen molar-refractivity contribution in [1.29, 1.82) is 0 Å². The molecule has 4 nitrogen and oxygen atoms in total. The molecule has 0 spiro atoms. The molecule has 0 bridgehead atoms. The number of aromatic nitrogens is 1. The van der Waals surface area contributed by atoms with Crippen molar-refractivity contribution in [3.8, 4) is 0 Å². The lowest BCUT2D eigenvalue weighted by molar-refractivity contribution is 0.0278. The van der Waals surface area contributed by atoms with Crippen LogP contribution in [0.1, 0.15) is 43.2 Å². The van der Waals surface area contributed by atoms with E-state index in [0.717, 1.165) is 12.8 Å². The van der Waals surface area contributed by atoms with Gasteiger partial charge in [0.1, 0.15) is 11.8 Å². The molecule has 1 aromatic heterocycles. The quantitative estimate of drug-likeness (QED) is 0.296. The number of hydrogen-bond donors (Lipinski definition) is 0. The number of allylic oxidation sites excluding steroid dienone is 1. The summed E-state index contributed by atoms with van der Waals surface area (Å²) in [6, 6.07) is 15.6. The lowest BCUT2D eigenvalue weighted by Crippen LogP contribution is -2.43. The number of hydrogen-bond acceptors (Lipinski definition) is 4. The van der Waals surface area contributed by atoms with Gasteiger partial charge in [0.25, 0.3) is 0 Å². The maximum atomic E-state index is 12.5. The summed E-state index contributed by atoms with van der Waals surface area (Å²) in [6.07, 6.45) is 6.99. The molecule has 0 saturated carbocycles. The fourth-order valence-electron chi connectivity index (χ4n) is 2.46. The van der Waals surface area contributed by atoms with Crippen molar-refractivity contribution in [3.63, 3.8) is 0 Å². The highest BCUT2D eigenvalue weighted by atomic mass is 28.4. The molecule has 0 saturated heterocycles. The Balaban J connectivity index is 2.01. The topological polar surface area (TPSA) is 48.4 Å². The number of ether oxygens (including phenoxy) is 1. The fourth-order valence-corrected chi connectivity index (χ4v) is 3.47. The van der Waals surface area contributed by atoms with E-state index in [1.165, 1.54) is 5.56 Å². The molecule has 1 atom stereocenters. The van der Waals surface area contributed by atoms with E-state index in [9.17, 15) is 4.79 Å². The highest BCUT2D eigenvalue weighted by Crippen LogP contribution is 2.36. The standard InChI is InChI=1S/C24H33NO3Si/c1-24(2,3)29(4,5)27-19-21(28-23(26)22-17-11-12-18-25-22)16-10-9-15-20-13-7-6-8-14-20/h6-8,10-14,16-18,21H,9,15,19H2,1-5H3/b16-10-/t21-/m0/s1. The predicted molar refractivity (Wildman–Crippen MR) is 120 cm³/mol. The predicted octanol–water partition coefficient (Wildman–Crippen LogP) is 5.82. The maximum absolute atomic E-state index is 12.5. The Morgan fingerprint density at radius 1 is 1.10 bits per heavy atom. The van der Waals surface area contributed by atoms with Gasteiger partial charge in [0, 0.05) is 6.20 Å². The number of pyridine rings is 1. The summed E-state index contributed by atoms with van der Waals surface area (Å²) in [5, 5.41) is 0.0968. The van der Waals surface area contributed by atoms with Gasteiger partial charge in [0.15, 0.2) is 8.32 Å². The first-order chi connectivity index (χ1) is 13.7. The van der Waals surface area contributed by atoms with Crippen molar-refractivity contribution in [3.05, 3.63) is 78.1 Å². The van der Waals surface area contributed by atoms with Gasteiger partial charge in [0.2, 0.25) is 0 Å². The number of nitrogens with zero attached hydrogens (tertiary/aromatic N) is 1. The number of carbonyl (C=O) groups is 1. The molecular formula is C24H33NO3Si. The van der Waals surface area contributed by atoms with Crippen LogP contribution in [-0.4, -0.2) is 32.0 Å². The molecule has 0 amide bonds. The molecule has 1 aromatic carbocycles. The first kappa shape index (κ1) is 23.0. The molecular weight excluding hydrogens is 378 g/mol. The second kappa shape index (κ2) is 10.5. The van der Waals surface area contributed by atoms with Gasteiger partial charge in [-0.15, -0.1) is 0 Å². The zero-order chi connectivity index (χ0) is 21.3.